The molecule has 2 aromatic rings. The number of hydrogen-bond donors (Lipinski definition) is 1. The molecule has 0 unspecified atom stereocenters. The average molecular weight is 338 g/mol. The summed E-state index contributed by atoms with van der Waals surface area (Å²) in [6.07, 6.45) is 5.31. The Bertz CT molecular complexity index is 897. The molecular formula is C19H22N4O2. The van der Waals surface area contributed by atoms with Gasteiger partial charge in [-0.3, -0.25) is 14.7 Å². The van der Waals surface area contributed by atoms with Crippen LogP contribution in [0, 0.1) is 5.92 Å². The summed E-state index contributed by atoms with van der Waals surface area (Å²) in [5.74, 6) is 0.658. The highest BCUT2D eigenvalue weighted by Crippen LogP contribution is 2.35. The van der Waals surface area contributed by atoms with E-state index in [2.05, 4.69) is 10.2 Å². The number of fused-ring (bicyclic) bond motifs is 5. The number of carbonyl (C=O) groups is 1. The molecule has 6 heteroatoms. The molecule has 2 bridgehead atoms. The summed E-state index contributed by atoms with van der Waals surface area (Å²) < 4.78 is 1.90. The number of rotatable bonds is 1. The highest BCUT2D eigenvalue weighted by molar-refractivity contribution is 5.94. The number of amides is 1. The first-order chi connectivity index (χ1) is 12.2. The van der Waals surface area contributed by atoms with Crippen molar-refractivity contribution in [2.24, 2.45) is 5.92 Å². The number of H-pyrrole nitrogens is 1. The molecule has 3 aliphatic rings. The maximum Gasteiger partial charge on any atom is 0.274 e. The topological polar surface area (TPSA) is 71.0 Å². The Kier molecular flexibility index (Phi) is 3.33. The van der Waals surface area contributed by atoms with E-state index in [4.69, 9.17) is 0 Å². The average Bonchev–Trinajstić information content (AvgIpc) is 3.06. The first-order valence-electron chi connectivity index (χ1n) is 9.26. The van der Waals surface area contributed by atoms with Crippen molar-refractivity contribution < 1.29 is 4.79 Å². The van der Waals surface area contributed by atoms with Crippen molar-refractivity contribution >= 4 is 5.91 Å². The predicted molar refractivity (Wildman–Crippen MR) is 92.7 cm³/mol. The van der Waals surface area contributed by atoms with Gasteiger partial charge in [0.1, 0.15) is 0 Å². The SMILES string of the molecule is O=C(c1n[nH]c2c1CCCC2)N1C[C@@H]2C[C@H](C1)c1cccc(=O)n1C2. The van der Waals surface area contributed by atoms with Gasteiger partial charge in [0.05, 0.1) is 0 Å². The molecule has 6 nitrogen and oxygen atoms in total. The maximum absolute atomic E-state index is 13.1. The third kappa shape index (κ3) is 2.34. The molecule has 1 aliphatic carbocycles. The van der Waals surface area contributed by atoms with E-state index in [-0.39, 0.29) is 17.4 Å². The molecule has 4 heterocycles. The number of aryl methyl sites for hydroxylation is 1. The third-order valence-electron chi connectivity index (χ3n) is 6.03. The highest BCUT2D eigenvalue weighted by atomic mass is 16.2. The molecule has 1 N–H and O–H groups in total. The Hall–Kier alpha value is -2.37. The van der Waals surface area contributed by atoms with E-state index in [0.29, 0.717) is 24.7 Å². The zero-order valence-electron chi connectivity index (χ0n) is 14.2. The molecule has 0 saturated carbocycles. The Labute approximate surface area is 145 Å². The van der Waals surface area contributed by atoms with Crippen LogP contribution in [0.3, 0.4) is 0 Å². The lowest BCUT2D eigenvalue weighted by molar-refractivity contribution is 0.0587. The summed E-state index contributed by atoms with van der Waals surface area (Å²) in [6, 6.07) is 5.50. The van der Waals surface area contributed by atoms with E-state index in [0.717, 1.165) is 49.2 Å². The molecule has 0 spiro atoms. The van der Waals surface area contributed by atoms with Gasteiger partial charge in [0.25, 0.3) is 11.5 Å². The van der Waals surface area contributed by atoms with Gasteiger partial charge in [-0.05, 0) is 44.1 Å². The van der Waals surface area contributed by atoms with Gasteiger partial charge in [-0.2, -0.15) is 5.10 Å². The lowest BCUT2D eigenvalue weighted by Crippen LogP contribution is -2.49. The molecule has 1 fully saturated rings. The molecule has 5 rings (SSSR count). The Morgan fingerprint density at radius 1 is 1.16 bits per heavy atom. The number of aromatic amines is 1. The zero-order chi connectivity index (χ0) is 17.0. The normalized spacial score (nSPS) is 24.6. The lowest BCUT2D eigenvalue weighted by Gasteiger charge is -2.42. The van der Waals surface area contributed by atoms with Crippen LogP contribution in [0.5, 0.6) is 0 Å². The van der Waals surface area contributed by atoms with Gasteiger partial charge in [-0.15, -0.1) is 0 Å². The zero-order valence-corrected chi connectivity index (χ0v) is 14.2. The predicted octanol–water partition coefficient (Wildman–Crippen LogP) is 1.71. The number of likely N-dealkylation sites (tertiary alicyclic amines) is 1. The van der Waals surface area contributed by atoms with Crippen molar-refractivity contribution in [1.29, 1.82) is 0 Å². The van der Waals surface area contributed by atoms with E-state index < -0.39 is 0 Å². The molecule has 0 aromatic carbocycles. The van der Waals surface area contributed by atoms with Crippen molar-refractivity contribution in [3.05, 3.63) is 51.2 Å². The Morgan fingerprint density at radius 2 is 2.04 bits per heavy atom. The van der Waals surface area contributed by atoms with Crippen LogP contribution in [0.15, 0.2) is 23.0 Å². The van der Waals surface area contributed by atoms with E-state index in [9.17, 15) is 9.59 Å². The molecule has 1 amide bonds. The molecule has 2 atom stereocenters. The van der Waals surface area contributed by atoms with E-state index in [1.54, 1.807) is 6.07 Å². The van der Waals surface area contributed by atoms with Crippen LogP contribution >= 0.6 is 0 Å². The van der Waals surface area contributed by atoms with Gasteiger partial charge in [0.2, 0.25) is 0 Å². The van der Waals surface area contributed by atoms with Gasteiger partial charge >= 0.3 is 0 Å². The minimum atomic E-state index is 0.0563. The van der Waals surface area contributed by atoms with Gasteiger partial charge in [0.15, 0.2) is 5.69 Å². The second-order valence-corrected chi connectivity index (χ2v) is 7.64. The van der Waals surface area contributed by atoms with Crippen molar-refractivity contribution in [3.63, 3.8) is 0 Å². The van der Waals surface area contributed by atoms with Crippen molar-refractivity contribution in [1.82, 2.24) is 19.7 Å². The lowest BCUT2D eigenvalue weighted by atomic mass is 9.83. The van der Waals surface area contributed by atoms with E-state index in [1.807, 2.05) is 21.6 Å². The molecule has 25 heavy (non-hydrogen) atoms. The van der Waals surface area contributed by atoms with Crippen molar-refractivity contribution in [3.8, 4) is 0 Å². The third-order valence-corrected chi connectivity index (χ3v) is 6.03. The summed E-state index contributed by atoms with van der Waals surface area (Å²) in [4.78, 5) is 27.2. The highest BCUT2D eigenvalue weighted by Gasteiger charge is 2.37. The molecule has 1 saturated heterocycles. The Balaban J connectivity index is 1.45. The monoisotopic (exact) mass is 338 g/mol. The summed E-state index contributed by atoms with van der Waals surface area (Å²) in [5, 5.41) is 7.43. The minimum absolute atomic E-state index is 0.0563. The van der Waals surface area contributed by atoms with Gasteiger partial charge < -0.3 is 9.47 Å². The van der Waals surface area contributed by atoms with Gasteiger partial charge in [-0.25, -0.2) is 0 Å². The van der Waals surface area contributed by atoms with Gasteiger partial charge in [-0.1, -0.05) is 6.07 Å². The van der Waals surface area contributed by atoms with Crippen LogP contribution < -0.4 is 5.56 Å². The second kappa shape index (κ2) is 5.58. The van der Waals surface area contributed by atoms with Crippen molar-refractivity contribution in [2.45, 2.75) is 44.6 Å². The second-order valence-electron chi connectivity index (χ2n) is 7.64. The van der Waals surface area contributed by atoms with E-state index in [1.165, 1.54) is 6.42 Å². The first kappa shape index (κ1) is 14.9. The number of pyridine rings is 1. The fraction of sp³-hybridized carbons (Fsp3) is 0.526. The number of aromatic nitrogens is 3. The maximum atomic E-state index is 13.1. The molecule has 2 aliphatic heterocycles. The summed E-state index contributed by atoms with van der Waals surface area (Å²) >= 11 is 0. The van der Waals surface area contributed by atoms with Crippen LogP contribution in [0.2, 0.25) is 0 Å². The van der Waals surface area contributed by atoms with Crippen LogP contribution in [0.1, 0.15) is 52.6 Å². The van der Waals surface area contributed by atoms with E-state index >= 15 is 0 Å². The largest absolute Gasteiger partial charge is 0.336 e. The van der Waals surface area contributed by atoms with Crippen molar-refractivity contribution in [2.75, 3.05) is 13.1 Å². The number of hydrogen-bond acceptors (Lipinski definition) is 3. The Morgan fingerprint density at radius 3 is 2.96 bits per heavy atom. The van der Waals surface area contributed by atoms with Crippen LogP contribution in [-0.2, 0) is 19.4 Å². The first-order valence-corrected chi connectivity index (χ1v) is 9.26. The standard InChI is InChI=1S/C19H22N4O2/c24-17-7-3-6-16-13-8-12(10-23(16)17)9-22(11-13)19(25)18-14-4-1-2-5-15(14)20-21-18/h3,6-7,12-13H,1-2,4-5,8-11H2,(H,20,21)/t12-,13+/m0/s1. The van der Waals surface area contributed by atoms with Crippen LogP contribution in [0.4, 0.5) is 0 Å². The summed E-state index contributed by atoms with van der Waals surface area (Å²) in [7, 11) is 0. The molecular weight excluding hydrogens is 316 g/mol. The molecule has 130 valence electrons. The van der Waals surface area contributed by atoms with Crippen LogP contribution in [0.25, 0.3) is 0 Å². The quantitative estimate of drug-likeness (QED) is 0.860. The fourth-order valence-corrected chi connectivity index (χ4v) is 4.87. The minimum Gasteiger partial charge on any atom is -0.336 e. The number of nitrogens with one attached hydrogen (secondary N) is 1. The van der Waals surface area contributed by atoms with Crippen LogP contribution in [-0.4, -0.2) is 38.7 Å². The fourth-order valence-electron chi connectivity index (χ4n) is 4.87. The van der Waals surface area contributed by atoms with Gasteiger partial charge in [0, 0.05) is 48.6 Å². The molecule has 0 radical (unpaired) electrons. The summed E-state index contributed by atoms with van der Waals surface area (Å²) in [6.45, 7) is 2.12. The number of nitrogens with zero attached hydrogens (tertiary/aromatic N) is 3. The number of piperidine rings is 1. The molecule has 2 aromatic heterocycles. The number of carbonyl (C=O) groups excluding carboxylic acids is 1. The smallest absolute Gasteiger partial charge is 0.274 e. The summed E-state index contributed by atoms with van der Waals surface area (Å²) in [5.41, 5.74) is 4.05.